The van der Waals surface area contributed by atoms with Gasteiger partial charge in [0.25, 0.3) is 0 Å². The number of ether oxygens (including phenoxy) is 1. The number of nitrogens with zero attached hydrogens (tertiary/aromatic N) is 1. The maximum atomic E-state index is 12.4. The molecule has 1 atom stereocenters. The molecule has 0 saturated heterocycles. The summed E-state index contributed by atoms with van der Waals surface area (Å²) < 4.78 is 41.4. The second-order valence-electron chi connectivity index (χ2n) is 4.96. The Labute approximate surface area is 121 Å². The van der Waals surface area contributed by atoms with Gasteiger partial charge in [-0.15, -0.1) is 13.2 Å². The van der Waals surface area contributed by atoms with Crippen molar-refractivity contribution in [1.82, 2.24) is 4.98 Å². The summed E-state index contributed by atoms with van der Waals surface area (Å²) >= 11 is 0. The fourth-order valence-electron chi connectivity index (χ4n) is 2.24. The summed E-state index contributed by atoms with van der Waals surface area (Å²) in [6, 6.07) is 10.0. The van der Waals surface area contributed by atoms with Crippen LogP contribution in [0.2, 0.25) is 0 Å². The second kappa shape index (κ2) is 6.16. The topological polar surface area (TPSA) is 22.1 Å². The van der Waals surface area contributed by atoms with Crippen LogP contribution in [0.5, 0.6) is 5.75 Å². The van der Waals surface area contributed by atoms with Crippen LogP contribution in [0.4, 0.5) is 13.2 Å². The van der Waals surface area contributed by atoms with E-state index in [9.17, 15) is 13.2 Å². The monoisotopic (exact) mass is 295 g/mol. The molecule has 112 valence electrons. The first-order valence-electron chi connectivity index (χ1n) is 6.62. The Kier molecular flexibility index (Phi) is 4.50. The van der Waals surface area contributed by atoms with E-state index in [4.69, 9.17) is 0 Å². The van der Waals surface area contributed by atoms with Crippen molar-refractivity contribution < 1.29 is 17.9 Å². The van der Waals surface area contributed by atoms with E-state index in [0.29, 0.717) is 12.0 Å². The van der Waals surface area contributed by atoms with Crippen LogP contribution in [-0.4, -0.2) is 11.3 Å². The SMILES string of the molecule is Cc1cccnc1CC(C)c1ccccc1OC(F)(F)F. The molecule has 5 heteroatoms. The zero-order valence-corrected chi connectivity index (χ0v) is 11.8. The number of halogens is 3. The average Bonchev–Trinajstić information content (AvgIpc) is 2.40. The van der Waals surface area contributed by atoms with Crippen molar-refractivity contribution in [2.24, 2.45) is 0 Å². The zero-order chi connectivity index (χ0) is 15.5. The third-order valence-corrected chi connectivity index (χ3v) is 3.29. The molecule has 0 spiro atoms. The molecule has 2 aromatic rings. The van der Waals surface area contributed by atoms with Crippen LogP contribution in [-0.2, 0) is 6.42 Å². The predicted molar refractivity (Wildman–Crippen MR) is 74.2 cm³/mol. The maximum Gasteiger partial charge on any atom is 0.573 e. The van der Waals surface area contributed by atoms with Gasteiger partial charge < -0.3 is 4.74 Å². The molecule has 0 fully saturated rings. The molecule has 2 nitrogen and oxygen atoms in total. The van der Waals surface area contributed by atoms with Gasteiger partial charge in [0.15, 0.2) is 0 Å². The number of hydrogen-bond acceptors (Lipinski definition) is 2. The number of para-hydroxylation sites is 1. The molecule has 0 bridgehead atoms. The molecule has 0 N–H and O–H groups in total. The third kappa shape index (κ3) is 4.21. The summed E-state index contributed by atoms with van der Waals surface area (Å²) in [5, 5.41) is 0. The molecule has 0 aliphatic heterocycles. The first-order chi connectivity index (χ1) is 9.87. The molecule has 1 aromatic heterocycles. The van der Waals surface area contributed by atoms with E-state index in [0.717, 1.165) is 11.3 Å². The second-order valence-corrected chi connectivity index (χ2v) is 4.96. The molecule has 21 heavy (non-hydrogen) atoms. The summed E-state index contributed by atoms with van der Waals surface area (Å²) in [6.07, 6.45) is -2.44. The highest BCUT2D eigenvalue weighted by molar-refractivity contribution is 5.37. The van der Waals surface area contributed by atoms with E-state index < -0.39 is 6.36 Å². The van der Waals surface area contributed by atoms with E-state index in [1.807, 2.05) is 26.0 Å². The van der Waals surface area contributed by atoms with Crippen LogP contribution >= 0.6 is 0 Å². The van der Waals surface area contributed by atoms with Crippen molar-refractivity contribution in [2.45, 2.75) is 32.5 Å². The molecular weight excluding hydrogens is 279 g/mol. The number of rotatable bonds is 4. The molecule has 1 unspecified atom stereocenters. The normalized spacial score (nSPS) is 13.0. The van der Waals surface area contributed by atoms with Crippen LogP contribution in [0.15, 0.2) is 42.6 Å². The van der Waals surface area contributed by atoms with Gasteiger partial charge in [0.1, 0.15) is 5.75 Å². The van der Waals surface area contributed by atoms with Crippen molar-refractivity contribution in [3.05, 3.63) is 59.4 Å². The molecule has 1 aromatic carbocycles. The highest BCUT2D eigenvalue weighted by Crippen LogP contribution is 2.32. The fraction of sp³-hybridized carbons (Fsp3) is 0.312. The standard InChI is InChI=1S/C16H16F3NO/c1-11-6-5-9-20-14(11)10-12(2)13-7-3-4-8-15(13)21-16(17,18)19/h3-9,12H,10H2,1-2H3. The van der Waals surface area contributed by atoms with Crippen molar-refractivity contribution in [2.75, 3.05) is 0 Å². The Morgan fingerprint density at radius 1 is 1.14 bits per heavy atom. The van der Waals surface area contributed by atoms with Crippen molar-refractivity contribution in [3.8, 4) is 5.75 Å². The first-order valence-corrected chi connectivity index (χ1v) is 6.62. The van der Waals surface area contributed by atoms with Gasteiger partial charge in [0, 0.05) is 11.9 Å². The van der Waals surface area contributed by atoms with Crippen LogP contribution < -0.4 is 4.74 Å². The lowest BCUT2D eigenvalue weighted by molar-refractivity contribution is -0.274. The van der Waals surface area contributed by atoms with E-state index in [-0.39, 0.29) is 11.7 Å². The summed E-state index contributed by atoms with van der Waals surface area (Å²) in [7, 11) is 0. The number of hydrogen-bond donors (Lipinski definition) is 0. The third-order valence-electron chi connectivity index (χ3n) is 3.29. The highest BCUT2D eigenvalue weighted by Gasteiger charge is 2.32. The molecule has 0 aliphatic rings. The van der Waals surface area contributed by atoms with Crippen molar-refractivity contribution in [3.63, 3.8) is 0 Å². The molecule has 1 heterocycles. The predicted octanol–water partition coefficient (Wildman–Crippen LogP) is 4.63. The van der Waals surface area contributed by atoms with Gasteiger partial charge in [-0.05, 0) is 42.5 Å². The van der Waals surface area contributed by atoms with Gasteiger partial charge in [0.2, 0.25) is 0 Å². The molecule has 0 radical (unpaired) electrons. The van der Waals surface area contributed by atoms with Gasteiger partial charge in [-0.1, -0.05) is 31.2 Å². The Balaban J connectivity index is 2.23. The smallest absolute Gasteiger partial charge is 0.405 e. The number of aryl methyl sites for hydroxylation is 1. The summed E-state index contributed by atoms with van der Waals surface area (Å²) in [5.41, 5.74) is 2.44. The molecular formula is C16H16F3NO. The first kappa shape index (κ1) is 15.4. The maximum absolute atomic E-state index is 12.4. The highest BCUT2D eigenvalue weighted by atomic mass is 19.4. The van der Waals surface area contributed by atoms with Gasteiger partial charge in [0.05, 0.1) is 0 Å². The minimum atomic E-state index is -4.68. The zero-order valence-electron chi connectivity index (χ0n) is 11.8. The number of aromatic nitrogens is 1. The summed E-state index contributed by atoms with van der Waals surface area (Å²) in [6.45, 7) is 3.81. The summed E-state index contributed by atoms with van der Waals surface area (Å²) in [4.78, 5) is 4.28. The minimum absolute atomic E-state index is 0.128. The van der Waals surface area contributed by atoms with E-state index in [1.54, 1.807) is 18.3 Å². The largest absolute Gasteiger partial charge is 0.573 e. The quantitative estimate of drug-likeness (QED) is 0.820. The van der Waals surface area contributed by atoms with Crippen LogP contribution in [0, 0.1) is 6.92 Å². The molecule has 2 rings (SSSR count). The van der Waals surface area contributed by atoms with E-state index >= 15 is 0 Å². The number of pyridine rings is 1. The Hall–Kier alpha value is -2.04. The molecule has 0 saturated carbocycles. The number of alkyl halides is 3. The van der Waals surface area contributed by atoms with Crippen molar-refractivity contribution >= 4 is 0 Å². The molecule has 0 aliphatic carbocycles. The van der Waals surface area contributed by atoms with Gasteiger partial charge in [-0.2, -0.15) is 0 Å². The Bertz CT molecular complexity index is 610. The average molecular weight is 295 g/mol. The van der Waals surface area contributed by atoms with Crippen LogP contribution in [0.3, 0.4) is 0 Å². The van der Waals surface area contributed by atoms with Gasteiger partial charge in [-0.3, -0.25) is 4.98 Å². The lowest BCUT2D eigenvalue weighted by Gasteiger charge is -2.18. The van der Waals surface area contributed by atoms with E-state index in [1.165, 1.54) is 12.1 Å². The fourth-order valence-corrected chi connectivity index (χ4v) is 2.24. The lowest BCUT2D eigenvalue weighted by Crippen LogP contribution is -2.18. The van der Waals surface area contributed by atoms with Gasteiger partial charge >= 0.3 is 6.36 Å². The minimum Gasteiger partial charge on any atom is -0.405 e. The van der Waals surface area contributed by atoms with Gasteiger partial charge in [-0.25, -0.2) is 0 Å². The Morgan fingerprint density at radius 3 is 2.52 bits per heavy atom. The van der Waals surface area contributed by atoms with Crippen LogP contribution in [0.25, 0.3) is 0 Å². The molecule has 0 amide bonds. The summed E-state index contributed by atoms with van der Waals surface area (Å²) in [5.74, 6) is -0.275. The van der Waals surface area contributed by atoms with E-state index in [2.05, 4.69) is 9.72 Å². The number of benzene rings is 1. The lowest BCUT2D eigenvalue weighted by atomic mass is 9.94. The van der Waals surface area contributed by atoms with Crippen LogP contribution in [0.1, 0.15) is 29.7 Å². The van der Waals surface area contributed by atoms with Crippen molar-refractivity contribution in [1.29, 1.82) is 0 Å². The Morgan fingerprint density at radius 2 is 1.86 bits per heavy atom.